The average Bonchev–Trinajstić information content (AvgIpc) is 2.28. The number of rotatable bonds is 9. The van der Waals surface area contributed by atoms with Crippen LogP contribution in [-0.4, -0.2) is 42.3 Å². The maximum absolute atomic E-state index is 11.5. The van der Waals surface area contributed by atoms with Crippen LogP contribution >= 0.6 is 0 Å². The summed E-state index contributed by atoms with van der Waals surface area (Å²) in [4.78, 5) is 33.1. The molecule has 0 radical (unpaired) electrons. The van der Waals surface area contributed by atoms with E-state index in [4.69, 9.17) is 9.84 Å². The van der Waals surface area contributed by atoms with E-state index in [9.17, 15) is 14.4 Å². The van der Waals surface area contributed by atoms with Crippen molar-refractivity contribution < 1.29 is 24.2 Å². The first-order chi connectivity index (χ1) is 8.99. The second-order valence-corrected chi connectivity index (χ2v) is 4.04. The van der Waals surface area contributed by atoms with Gasteiger partial charge in [0.2, 0.25) is 0 Å². The molecule has 2 amide bonds. The third-order valence-electron chi connectivity index (χ3n) is 2.31. The van der Waals surface area contributed by atoms with Gasteiger partial charge in [0, 0.05) is 12.6 Å². The van der Waals surface area contributed by atoms with E-state index in [0.717, 1.165) is 6.42 Å². The summed E-state index contributed by atoms with van der Waals surface area (Å²) in [5, 5.41) is 13.8. The Kier molecular flexibility index (Phi) is 9.20. The SMILES string of the molecule is CCCC(CC(=O)O)NC(=O)NCCC(=O)OCC. The van der Waals surface area contributed by atoms with E-state index in [1.165, 1.54) is 0 Å². The normalized spacial score (nSPS) is 11.5. The highest BCUT2D eigenvalue weighted by Gasteiger charge is 2.14. The van der Waals surface area contributed by atoms with Crippen LogP contribution in [0.25, 0.3) is 0 Å². The topological polar surface area (TPSA) is 105 Å². The fourth-order valence-corrected chi connectivity index (χ4v) is 1.53. The van der Waals surface area contributed by atoms with Gasteiger partial charge in [0.25, 0.3) is 0 Å². The van der Waals surface area contributed by atoms with Gasteiger partial charge in [-0.25, -0.2) is 4.79 Å². The monoisotopic (exact) mass is 274 g/mol. The maximum atomic E-state index is 11.5. The van der Waals surface area contributed by atoms with Crippen LogP contribution < -0.4 is 10.6 Å². The van der Waals surface area contributed by atoms with Crippen LogP contribution in [0.3, 0.4) is 0 Å². The number of nitrogens with one attached hydrogen (secondary N) is 2. The van der Waals surface area contributed by atoms with Gasteiger partial charge >= 0.3 is 18.0 Å². The number of carboxylic acids is 1. The van der Waals surface area contributed by atoms with Gasteiger partial charge in [0.1, 0.15) is 0 Å². The molecule has 3 N–H and O–H groups in total. The predicted molar refractivity (Wildman–Crippen MR) is 68.7 cm³/mol. The molecule has 1 atom stereocenters. The number of esters is 1. The van der Waals surface area contributed by atoms with Gasteiger partial charge in [-0.1, -0.05) is 13.3 Å². The van der Waals surface area contributed by atoms with E-state index in [1.54, 1.807) is 6.92 Å². The van der Waals surface area contributed by atoms with Crippen molar-refractivity contribution in [3.05, 3.63) is 0 Å². The van der Waals surface area contributed by atoms with E-state index in [-0.39, 0.29) is 25.4 Å². The Morgan fingerprint density at radius 3 is 2.47 bits per heavy atom. The van der Waals surface area contributed by atoms with Crippen molar-refractivity contribution in [3.63, 3.8) is 0 Å². The Labute approximate surface area is 112 Å². The zero-order valence-corrected chi connectivity index (χ0v) is 11.4. The zero-order chi connectivity index (χ0) is 14.7. The van der Waals surface area contributed by atoms with E-state index >= 15 is 0 Å². The third-order valence-corrected chi connectivity index (χ3v) is 2.31. The van der Waals surface area contributed by atoms with Crippen LogP contribution in [0.5, 0.6) is 0 Å². The fourth-order valence-electron chi connectivity index (χ4n) is 1.53. The number of hydrogen-bond acceptors (Lipinski definition) is 4. The van der Waals surface area contributed by atoms with Gasteiger partial charge in [-0.3, -0.25) is 9.59 Å². The van der Waals surface area contributed by atoms with E-state index in [2.05, 4.69) is 10.6 Å². The average molecular weight is 274 g/mol. The molecule has 0 bridgehead atoms. The number of urea groups is 1. The van der Waals surface area contributed by atoms with Crippen molar-refractivity contribution in [2.75, 3.05) is 13.2 Å². The van der Waals surface area contributed by atoms with Gasteiger partial charge in [0.15, 0.2) is 0 Å². The highest BCUT2D eigenvalue weighted by molar-refractivity contribution is 5.76. The lowest BCUT2D eigenvalue weighted by Gasteiger charge is -2.16. The lowest BCUT2D eigenvalue weighted by atomic mass is 10.1. The molecule has 7 nitrogen and oxygen atoms in total. The summed E-state index contributed by atoms with van der Waals surface area (Å²) in [6, 6.07) is -0.867. The molecule has 0 aliphatic rings. The maximum Gasteiger partial charge on any atom is 0.315 e. The molecule has 0 aliphatic heterocycles. The van der Waals surface area contributed by atoms with E-state index < -0.39 is 18.0 Å². The summed E-state index contributed by atoms with van der Waals surface area (Å²) < 4.78 is 4.71. The van der Waals surface area contributed by atoms with Crippen LogP contribution in [0.1, 0.15) is 39.5 Å². The molecule has 0 spiro atoms. The number of amides is 2. The summed E-state index contributed by atoms with van der Waals surface area (Å²) in [7, 11) is 0. The summed E-state index contributed by atoms with van der Waals surface area (Å²) >= 11 is 0. The Morgan fingerprint density at radius 1 is 1.26 bits per heavy atom. The molecule has 7 heteroatoms. The van der Waals surface area contributed by atoms with Crippen molar-refractivity contribution in [2.45, 2.75) is 45.6 Å². The van der Waals surface area contributed by atoms with E-state index in [1.807, 2.05) is 6.92 Å². The van der Waals surface area contributed by atoms with Crippen molar-refractivity contribution in [1.29, 1.82) is 0 Å². The van der Waals surface area contributed by atoms with Crippen LogP contribution in [0.4, 0.5) is 4.79 Å². The lowest BCUT2D eigenvalue weighted by molar-refractivity contribution is -0.143. The molecule has 0 heterocycles. The molecule has 0 saturated heterocycles. The second kappa shape index (κ2) is 10.2. The quantitative estimate of drug-likeness (QED) is 0.541. The first-order valence-electron chi connectivity index (χ1n) is 6.41. The number of carbonyl (C=O) groups excluding carboxylic acids is 2. The smallest absolute Gasteiger partial charge is 0.315 e. The van der Waals surface area contributed by atoms with Crippen molar-refractivity contribution >= 4 is 18.0 Å². The van der Waals surface area contributed by atoms with Crippen LogP contribution in [0.2, 0.25) is 0 Å². The van der Waals surface area contributed by atoms with Crippen LogP contribution in [0, 0.1) is 0 Å². The highest BCUT2D eigenvalue weighted by atomic mass is 16.5. The predicted octanol–water partition coefficient (Wildman–Crippen LogP) is 0.882. The van der Waals surface area contributed by atoms with Crippen LogP contribution in [0.15, 0.2) is 0 Å². The van der Waals surface area contributed by atoms with Gasteiger partial charge < -0.3 is 20.5 Å². The molecule has 0 fully saturated rings. The number of aliphatic carboxylic acids is 1. The van der Waals surface area contributed by atoms with Crippen molar-refractivity contribution in [2.24, 2.45) is 0 Å². The highest BCUT2D eigenvalue weighted by Crippen LogP contribution is 2.01. The molecule has 0 aromatic heterocycles. The van der Waals surface area contributed by atoms with Crippen molar-refractivity contribution in [3.8, 4) is 0 Å². The molecule has 19 heavy (non-hydrogen) atoms. The van der Waals surface area contributed by atoms with Gasteiger partial charge in [0.05, 0.1) is 19.4 Å². The second-order valence-electron chi connectivity index (χ2n) is 4.04. The first-order valence-corrected chi connectivity index (χ1v) is 6.41. The molecule has 1 unspecified atom stereocenters. The zero-order valence-electron chi connectivity index (χ0n) is 11.4. The van der Waals surface area contributed by atoms with Crippen LogP contribution in [-0.2, 0) is 14.3 Å². The Bertz CT molecular complexity index is 306. The molecule has 0 aromatic rings. The largest absolute Gasteiger partial charge is 0.481 e. The molecular weight excluding hydrogens is 252 g/mol. The molecule has 110 valence electrons. The van der Waals surface area contributed by atoms with Crippen molar-refractivity contribution in [1.82, 2.24) is 10.6 Å². The molecule has 0 saturated carbocycles. The summed E-state index contributed by atoms with van der Waals surface area (Å²) in [6.07, 6.45) is 1.36. The minimum absolute atomic E-state index is 0.0959. The van der Waals surface area contributed by atoms with Gasteiger partial charge in [-0.15, -0.1) is 0 Å². The summed E-state index contributed by atoms with van der Waals surface area (Å²) in [5.41, 5.74) is 0. The standard InChI is InChI=1S/C12H22N2O5/c1-3-5-9(8-10(15)16)14-12(18)13-7-6-11(17)19-4-2/h9H,3-8H2,1-2H3,(H,15,16)(H2,13,14,18). The Morgan fingerprint density at radius 2 is 1.95 bits per heavy atom. The number of hydrogen-bond donors (Lipinski definition) is 3. The van der Waals surface area contributed by atoms with Gasteiger partial charge in [-0.05, 0) is 13.3 Å². The van der Waals surface area contributed by atoms with E-state index in [0.29, 0.717) is 13.0 Å². The summed E-state index contributed by atoms with van der Waals surface area (Å²) in [5.74, 6) is -1.33. The fraction of sp³-hybridized carbons (Fsp3) is 0.750. The number of ether oxygens (including phenoxy) is 1. The molecule has 0 aromatic carbocycles. The lowest BCUT2D eigenvalue weighted by Crippen LogP contribution is -2.43. The minimum atomic E-state index is -0.953. The molecular formula is C12H22N2O5. The van der Waals surface area contributed by atoms with Gasteiger partial charge in [-0.2, -0.15) is 0 Å². The number of carboxylic acid groups (broad SMARTS) is 1. The Hall–Kier alpha value is -1.79. The third kappa shape index (κ3) is 9.87. The minimum Gasteiger partial charge on any atom is -0.481 e. The Balaban J connectivity index is 3.92. The molecule has 0 aliphatic carbocycles. The first kappa shape index (κ1) is 17.2. The molecule has 0 rings (SSSR count). The number of carbonyl (C=O) groups is 3. The summed E-state index contributed by atoms with van der Waals surface area (Å²) in [6.45, 7) is 4.09.